The van der Waals surface area contributed by atoms with Crippen LogP contribution in [0, 0.1) is 0 Å². The van der Waals surface area contributed by atoms with E-state index in [1.165, 1.54) is 6.20 Å². The lowest BCUT2D eigenvalue weighted by molar-refractivity contribution is 0.0696. The zero-order valence-corrected chi connectivity index (χ0v) is 16.9. The minimum Gasteiger partial charge on any atom is -0.489 e. The highest BCUT2D eigenvalue weighted by molar-refractivity contribution is 9.10. The molecule has 0 fully saturated rings. The Morgan fingerprint density at radius 1 is 1.11 bits per heavy atom. The number of nitrogens with zero attached hydrogens (tertiary/aromatic N) is 1. The molecule has 0 spiro atoms. The monoisotopic (exact) mass is 440 g/mol. The van der Waals surface area contributed by atoms with Crippen LogP contribution >= 0.6 is 15.9 Å². The highest BCUT2D eigenvalue weighted by Gasteiger charge is 2.06. The molecular formula is C22H21BrN2O3. The lowest BCUT2D eigenvalue weighted by Crippen LogP contribution is -2.06. The molecule has 144 valence electrons. The van der Waals surface area contributed by atoms with Crippen LogP contribution in [0.5, 0.6) is 5.75 Å². The number of carboxylic acid groups (broad SMARTS) is 1. The van der Waals surface area contributed by atoms with Gasteiger partial charge in [0.1, 0.15) is 18.2 Å². The van der Waals surface area contributed by atoms with E-state index in [0.29, 0.717) is 12.4 Å². The highest BCUT2D eigenvalue weighted by atomic mass is 79.9. The molecule has 3 rings (SSSR count). The predicted octanol–water partition coefficient (Wildman–Crippen LogP) is 5.17. The van der Waals surface area contributed by atoms with Crippen molar-refractivity contribution in [3.63, 3.8) is 0 Å². The van der Waals surface area contributed by atoms with Crippen molar-refractivity contribution < 1.29 is 14.6 Å². The summed E-state index contributed by atoms with van der Waals surface area (Å²) in [7, 11) is 0. The van der Waals surface area contributed by atoms with Gasteiger partial charge in [-0.2, -0.15) is 0 Å². The lowest BCUT2D eigenvalue weighted by atomic mass is 10.1. The van der Waals surface area contributed by atoms with Crippen LogP contribution in [0.2, 0.25) is 0 Å². The fourth-order valence-corrected chi connectivity index (χ4v) is 3.15. The first-order valence-corrected chi connectivity index (χ1v) is 9.79. The number of anilines is 1. The Balaban J connectivity index is 1.53. The van der Waals surface area contributed by atoms with Crippen LogP contribution in [0.1, 0.15) is 27.9 Å². The van der Waals surface area contributed by atoms with Gasteiger partial charge in [0.15, 0.2) is 0 Å². The van der Waals surface area contributed by atoms with Crippen LogP contribution in [0.4, 0.5) is 5.82 Å². The van der Waals surface area contributed by atoms with Crippen molar-refractivity contribution in [3.05, 3.63) is 88.0 Å². The van der Waals surface area contributed by atoms with Gasteiger partial charge in [0, 0.05) is 17.2 Å². The fraction of sp³-hybridized carbons (Fsp3) is 0.182. The summed E-state index contributed by atoms with van der Waals surface area (Å²) in [6.45, 7) is 1.26. The predicted molar refractivity (Wildman–Crippen MR) is 113 cm³/mol. The number of hydrogen-bond donors (Lipinski definition) is 2. The van der Waals surface area contributed by atoms with Crippen molar-refractivity contribution in [2.45, 2.75) is 19.4 Å². The van der Waals surface area contributed by atoms with Crippen LogP contribution in [0.15, 0.2) is 71.3 Å². The molecule has 0 aliphatic heterocycles. The van der Waals surface area contributed by atoms with Gasteiger partial charge in [-0.05, 0) is 54.3 Å². The van der Waals surface area contributed by atoms with E-state index in [0.717, 1.165) is 40.7 Å². The van der Waals surface area contributed by atoms with Crippen LogP contribution in [-0.2, 0) is 13.0 Å². The van der Waals surface area contributed by atoms with E-state index in [4.69, 9.17) is 9.84 Å². The van der Waals surface area contributed by atoms with Crippen LogP contribution in [-0.4, -0.2) is 22.6 Å². The van der Waals surface area contributed by atoms with Crippen molar-refractivity contribution in [1.82, 2.24) is 4.98 Å². The molecule has 0 aliphatic carbocycles. The lowest BCUT2D eigenvalue weighted by Gasteiger charge is -2.13. The van der Waals surface area contributed by atoms with Gasteiger partial charge in [-0.1, -0.05) is 46.3 Å². The zero-order valence-electron chi connectivity index (χ0n) is 15.3. The summed E-state index contributed by atoms with van der Waals surface area (Å²) in [6.07, 6.45) is 3.10. The minimum absolute atomic E-state index is 0.180. The molecule has 6 heteroatoms. The fourth-order valence-electron chi connectivity index (χ4n) is 2.74. The number of hydrogen-bond acceptors (Lipinski definition) is 4. The molecular weight excluding hydrogens is 420 g/mol. The van der Waals surface area contributed by atoms with E-state index in [-0.39, 0.29) is 5.56 Å². The molecule has 0 saturated carbocycles. The number of rotatable bonds is 9. The van der Waals surface area contributed by atoms with Crippen LogP contribution < -0.4 is 10.1 Å². The summed E-state index contributed by atoms with van der Waals surface area (Å²) in [5, 5.41) is 12.1. The number of aromatic nitrogens is 1. The Kier molecular flexibility index (Phi) is 7.03. The Labute approximate surface area is 172 Å². The van der Waals surface area contributed by atoms with E-state index < -0.39 is 5.97 Å². The van der Waals surface area contributed by atoms with Gasteiger partial charge in [-0.3, -0.25) is 0 Å². The average Bonchev–Trinajstić information content (AvgIpc) is 2.71. The Hall–Kier alpha value is -2.86. The molecule has 1 aromatic heterocycles. The van der Waals surface area contributed by atoms with Crippen molar-refractivity contribution >= 4 is 27.7 Å². The molecule has 2 N–H and O–H groups in total. The zero-order chi connectivity index (χ0) is 19.8. The number of benzene rings is 2. The van der Waals surface area contributed by atoms with Crippen molar-refractivity contribution in [2.75, 3.05) is 11.9 Å². The molecule has 0 amide bonds. The molecule has 2 aromatic carbocycles. The Bertz CT molecular complexity index is 915. The van der Waals surface area contributed by atoms with Crippen molar-refractivity contribution in [2.24, 2.45) is 0 Å². The second kappa shape index (κ2) is 9.90. The molecule has 0 unspecified atom stereocenters. The molecule has 0 saturated heterocycles. The van der Waals surface area contributed by atoms with E-state index in [9.17, 15) is 4.79 Å². The summed E-state index contributed by atoms with van der Waals surface area (Å²) >= 11 is 3.53. The summed E-state index contributed by atoms with van der Waals surface area (Å²) in [6, 6.07) is 19.4. The van der Waals surface area contributed by atoms with E-state index in [1.54, 1.807) is 12.1 Å². The quantitative estimate of drug-likeness (QED) is 0.449. The Morgan fingerprint density at radius 3 is 2.64 bits per heavy atom. The van der Waals surface area contributed by atoms with Gasteiger partial charge in [-0.15, -0.1) is 0 Å². The topological polar surface area (TPSA) is 71.5 Å². The number of carbonyl (C=O) groups is 1. The summed E-state index contributed by atoms with van der Waals surface area (Å²) in [4.78, 5) is 15.0. The SMILES string of the molecule is O=C(O)c1ccc(NCCCc2cc(Br)ccc2OCc2ccccc2)nc1. The van der Waals surface area contributed by atoms with Gasteiger partial charge < -0.3 is 15.2 Å². The van der Waals surface area contributed by atoms with Gasteiger partial charge in [-0.25, -0.2) is 9.78 Å². The minimum atomic E-state index is -0.975. The van der Waals surface area contributed by atoms with Gasteiger partial charge in [0.2, 0.25) is 0 Å². The normalized spacial score (nSPS) is 10.5. The third-order valence-corrected chi connectivity index (χ3v) is 4.69. The number of pyridine rings is 1. The summed E-state index contributed by atoms with van der Waals surface area (Å²) < 4.78 is 7.04. The van der Waals surface area contributed by atoms with Crippen LogP contribution in [0.3, 0.4) is 0 Å². The van der Waals surface area contributed by atoms with Gasteiger partial charge >= 0.3 is 5.97 Å². The molecule has 0 atom stereocenters. The maximum atomic E-state index is 10.9. The van der Waals surface area contributed by atoms with Gasteiger partial charge in [0.25, 0.3) is 0 Å². The first-order chi connectivity index (χ1) is 13.6. The van der Waals surface area contributed by atoms with Crippen molar-refractivity contribution in [1.29, 1.82) is 0 Å². The van der Waals surface area contributed by atoms with Crippen LogP contribution in [0.25, 0.3) is 0 Å². The van der Waals surface area contributed by atoms with Crippen molar-refractivity contribution in [3.8, 4) is 5.75 Å². The maximum Gasteiger partial charge on any atom is 0.337 e. The average molecular weight is 441 g/mol. The van der Waals surface area contributed by atoms with E-state index >= 15 is 0 Å². The molecule has 28 heavy (non-hydrogen) atoms. The standard InChI is InChI=1S/C22H21BrN2O3/c23-19-9-10-20(28-15-16-5-2-1-3-6-16)17(13-19)7-4-12-24-21-11-8-18(14-25-21)22(26)27/h1-3,5-6,8-11,13-14H,4,7,12,15H2,(H,24,25)(H,26,27). The molecule has 3 aromatic rings. The summed E-state index contributed by atoms with van der Waals surface area (Å²) in [5.41, 5.74) is 2.45. The number of aryl methyl sites for hydroxylation is 1. The third kappa shape index (κ3) is 5.82. The smallest absolute Gasteiger partial charge is 0.337 e. The first kappa shape index (κ1) is 19.9. The Morgan fingerprint density at radius 2 is 1.93 bits per heavy atom. The molecule has 5 nitrogen and oxygen atoms in total. The first-order valence-electron chi connectivity index (χ1n) is 9.00. The van der Waals surface area contributed by atoms with Gasteiger partial charge in [0.05, 0.1) is 5.56 Å². The second-order valence-electron chi connectivity index (χ2n) is 6.29. The van der Waals surface area contributed by atoms with E-state index in [1.807, 2.05) is 42.5 Å². The molecule has 0 bridgehead atoms. The summed E-state index contributed by atoms with van der Waals surface area (Å²) in [5.74, 6) is 0.576. The largest absolute Gasteiger partial charge is 0.489 e. The number of halogens is 1. The molecule has 1 heterocycles. The number of carboxylic acids is 1. The number of aromatic carboxylic acids is 1. The molecule has 0 aliphatic rings. The number of nitrogens with one attached hydrogen (secondary N) is 1. The highest BCUT2D eigenvalue weighted by Crippen LogP contribution is 2.25. The second-order valence-corrected chi connectivity index (χ2v) is 7.21. The third-order valence-electron chi connectivity index (χ3n) is 4.20. The number of ether oxygens (including phenoxy) is 1. The molecule has 0 radical (unpaired) electrons. The maximum absolute atomic E-state index is 10.9. The van der Waals surface area contributed by atoms with E-state index in [2.05, 4.69) is 32.3 Å².